The van der Waals surface area contributed by atoms with Crippen LogP contribution < -0.4 is 5.32 Å². The van der Waals surface area contributed by atoms with Gasteiger partial charge in [0.15, 0.2) is 0 Å². The van der Waals surface area contributed by atoms with E-state index in [4.69, 9.17) is 10.1 Å². The van der Waals surface area contributed by atoms with Gasteiger partial charge < -0.3 is 20.6 Å². The Labute approximate surface area is 195 Å². The molecule has 188 valence electrons. The number of sulfonamides is 1. The first kappa shape index (κ1) is 27.3. The smallest absolute Gasteiger partial charge is 0.305 e. The number of rotatable bonds is 9. The fourth-order valence-electron chi connectivity index (χ4n) is 4.18. The second-order valence-electron chi connectivity index (χ2n) is 9.20. The standard InChI is InChI=1S/C22H36FN3O6S/c1-13(2)20-18(10-9-16(27)11-17(28)12-19(29)30)21(14-5-7-15(23)8-6-14)25-22(24-20)26(3)33(4,31)32/h9-10,13-17,21,27-28H,5-8,11-12H2,1-4H3,(H,24,25)(H,29,30)/b10-9+. The van der Waals surface area contributed by atoms with Gasteiger partial charge in [-0.05, 0) is 43.1 Å². The van der Waals surface area contributed by atoms with Crippen LogP contribution in [0, 0.1) is 11.8 Å². The summed E-state index contributed by atoms with van der Waals surface area (Å²) in [6.07, 6.45) is 2.60. The average Bonchev–Trinajstić information content (AvgIpc) is 2.70. The third-order valence-electron chi connectivity index (χ3n) is 6.08. The minimum Gasteiger partial charge on any atom is -0.481 e. The molecule has 4 N–H and O–H groups in total. The molecule has 33 heavy (non-hydrogen) atoms. The van der Waals surface area contributed by atoms with Gasteiger partial charge in [0.25, 0.3) is 0 Å². The van der Waals surface area contributed by atoms with Crippen LogP contribution in [0.2, 0.25) is 0 Å². The largest absolute Gasteiger partial charge is 0.481 e. The number of carboxylic acid groups (broad SMARTS) is 1. The molecule has 0 aromatic carbocycles. The molecule has 0 radical (unpaired) electrons. The molecule has 3 unspecified atom stereocenters. The molecule has 3 atom stereocenters. The van der Waals surface area contributed by atoms with E-state index in [1.165, 1.54) is 13.1 Å². The maximum Gasteiger partial charge on any atom is 0.305 e. The lowest BCUT2D eigenvalue weighted by Gasteiger charge is -2.37. The predicted molar refractivity (Wildman–Crippen MR) is 124 cm³/mol. The van der Waals surface area contributed by atoms with E-state index in [1.54, 1.807) is 6.08 Å². The summed E-state index contributed by atoms with van der Waals surface area (Å²) in [5, 5.41) is 32.0. The van der Waals surface area contributed by atoms with Crippen LogP contribution in [0.15, 0.2) is 28.4 Å². The number of nitrogens with zero attached hydrogens (tertiary/aromatic N) is 2. The quantitative estimate of drug-likeness (QED) is 0.387. The maximum absolute atomic E-state index is 13.8. The molecular weight excluding hydrogens is 453 g/mol. The number of aliphatic carboxylic acids is 1. The summed E-state index contributed by atoms with van der Waals surface area (Å²) in [5.74, 6) is -0.980. The zero-order valence-electron chi connectivity index (χ0n) is 19.6. The van der Waals surface area contributed by atoms with Crippen molar-refractivity contribution in [3.63, 3.8) is 0 Å². The fourth-order valence-corrected chi connectivity index (χ4v) is 4.59. The van der Waals surface area contributed by atoms with Gasteiger partial charge in [0.2, 0.25) is 16.0 Å². The van der Waals surface area contributed by atoms with Crippen molar-refractivity contribution in [2.75, 3.05) is 13.3 Å². The molecule has 11 heteroatoms. The molecule has 0 aromatic heterocycles. The molecule has 0 amide bonds. The van der Waals surface area contributed by atoms with Crippen LogP contribution in [0.1, 0.15) is 52.4 Å². The number of carboxylic acids is 1. The molecule has 1 aliphatic heterocycles. The Bertz CT molecular complexity index is 894. The molecule has 0 saturated heterocycles. The molecule has 0 aromatic rings. The number of hydrogen-bond acceptors (Lipinski definition) is 7. The van der Waals surface area contributed by atoms with Crippen LogP contribution in [0.25, 0.3) is 0 Å². The van der Waals surface area contributed by atoms with Gasteiger partial charge in [0.05, 0.1) is 30.9 Å². The summed E-state index contributed by atoms with van der Waals surface area (Å²) in [6, 6.07) is -0.428. The van der Waals surface area contributed by atoms with E-state index in [2.05, 4.69) is 5.32 Å². The molecule has 1 fully saturated rings. The number of allylic oxidation sites excluding steroid dienone is 1. The first-order valence-electron chi connectivity index (χ1n) is 11.2. The van der Waals surface area contributed by atoms with Crippen LogP contribution in [0.5, 0.6) is 0 Å². The van der Waals surface area contributed by atoms with Gasteiger partial charge >= 0.3 is 5.97 Å². The summed E-state index contributed by atoms with van der Waals surface area (Å²) in [6.45, 7) is 3.89. The minimum absolute atomic E-state index is 0.00482. The van der Waals surface area contributed by atoms with Crippen molar-refractivity contribution in [1.29, 1.82) is 0 Å². The third-order valence-corrected chi connectivity index (χ3v) is 7.25. The van der Waals surface area contributed by atoms with E-state index in [0.29, 0.717) is 25.7 Å². The van der Waals surface area contributed by atoms with E-state index in [9.17, 15) is 27.8 Å². The van der Waals surface area contributed by atoms with Gasteiger partial charge in [-0.25, -0.2) is 22.1 Å². The normalized spacial score (nSPS) is 26.2. The lowest BCUT2D eigenvalue weighted by atomic mass is 9.78. The van der Waals surface area contributed by atoms with Crippen molar-refractivity contribution >= 4 is 22.0 Å². The Morgan fingerprint density at radius 1 is 1.27 bits per heavy atom. The fraction of sp³-hybridized carbons (Fsp3) is 0.727. The Balaban J connectivity index is 2.39. The molecule has 1 aliphatic carbocycles. The summed E-state index contributed by atoms with van der Waals surface area (Å²) >= 11 is 0. The van der Waals surface area contributed by atoms with Gasteiger partial charge in [-0.2, -0.15) is 0 Å². The minimum atomic E-state index is -3.56. The first-order chi connectivity index (χ1) is 15.3. The van der Waals surface area contributed by atoms with E-state index in [1.807, 2.05) is 13.8 Å². The number of carbonyl (C=O) groups is 1. The van der Waals surface area contributed by atoms with Gasteiger partial charge in [-0.15, -0.1) is 0 Å². The van der Waals surface area contributed by atoms with Crippen molar-refractivity contribution in [3.05, 3.63) is 23.4 Å². The van der Waals surface area contributed by atoms with E-state index >= 15 is 0 Å². The number of alkyl halides is 1. The number of hydrogen-bond donors (Lipinski definition) is 4. The highest BCUT2D eigenvalue weighted by Crippen LogP contribution is 2.36. The van der Waals surface area contributed by atoms with Crippen LogP contribution in [0.4, 0.5) is 4.39 Å². The highest BCUT2D eigenvalue weighted by Gasteiger charge is 2.35. The number of aliphatic hydroxyl groups excluding tert-OH is 2. The lowest BCUT2D eigenvalue weighted by Crippen LogP contribution is -2.47. The topological polar surface area (TPSA) is 140 Å². The van der Waals surface area contributed by atoms with Crippen molar-refractivity contribution in [2.45, 2.75) is 76.8 Å². The highest BCUT2D eigenvalue weighted by atomic mass is 32.2. The molecule has 1 saturated carbocycles. The summed E-state index contributed by atoms with van der Waals surface area (Å²) in [5.41, 5.74) is 1.52. The van der Waals surface area contributed by atoms with Crippen LogP contribution >= 0.6 is 0 Å². The van der Waals surface area contributed by atoms with Crippen molar-refractivity contribution in [3.8, 4) is 0 Å². The second kappa shape index (κ2) is 11.4. The zero-order valence-corrected chi connectivity index (χ0v) is 20.4. The van der Waals surface area contributed by atoms with Crippen molar-refractivity contribution < 1.29 is 32.9 Å². The van der Waals surface area contributed by atoms with E-state index in [0.717, 1.165) is 21.8 Å². The number of nitrogens with one attached hydrogen (secondary N) is 1. The average molecular weight is 490 g/mol. The predicted octanol–water partition coefficient (Wildman–Crippen LogP) is 1.79. The molecule has 9 nitrogen and oxygen atoms in total. The molecule has 1 heterocycles. The highest BCUT2D eigenvalue weighted by molar-refractivity contribution is 7.88. The molecule has 0 bridgehead atoms. The Kier molecular flexibility index (Phi) is 9.45. The second-order valence-corrected chi connectivity index (χ2v) is 11.2. The van der Waals surface area contributed by atoms with Crippen molar-refractivity contribution in [2.24, 2.45) is 16.8 Å². The van der Waals surface area contributed by atoms with Gasteiger partial charge in [-0.1, -0.05) is 26.0 Å². The molecule has 0 spiro atoms. The van der Waals surface area contributed by atoms with Crippen LogP contribution in [-0.2, 0) is 14.8 Å². The first-order valence-corrected chi connectivity index (χ1v) is 13.1. The molecule has 2 rings (SSSR count). The van der Waals surface area contributed by atoms with Crippen molar-refractivity contribution in [1.82, 2.24) is 9.62 Å². The Morgan fingerprint density at radius 3 is 2.39 bits per heavy atom. The maximum atomic E-state index is 13.8. The summed E-state index contributed by atoms with van der Waals surface area (Å²) in [4.78, 5) is 15.4. The van der Waals surface area contributed by atoms with Crippen LogP contribution in [0.3, 0.4) is 0 Å². The third kappa shape index (κ3) is 7.79. The zero-order chi connectivity index (χ0) is 24.9. The lowest BCUT2D eigenvalue weighted by molar-refractivity contribution is -0.139. The monoisotopic (exact) mass is 489 g/mol. The number of guanidine groups is 1. The van der Waals surface area contributed by atoms with Gasteiger partial charge in [-0.3, -0.25) is 4.79 Å². The number of aliphatic imine (C=N–C) groups is 1. The Morgan fingerprint density at radius 2 is 1.88 bits per heavy atom. The molecular formula is C22H36FN3O6S. The van der Waals surface area contributed by atoms with Crippen LogP contribution in [-0.4, -0.2) is 77.7 Å². The Hall–Kier alpha value is -1.98. The van der Waals surface area contributed by atoms with E-state index < -0.39 is 46.8 Å². The summed E-state index contributed by atoms with van der Waals surface area (Å²) in [7, 11) is -2.14. The van der Waals surface area contributed by atoms with Gasteiger partial charge in [0.1, 0.15) is 6.17 Å². The molecule has 2 aliphatic rings. The SMILES string of the molecule is CC(C)C1=C(/C=C/C(O)CC(O)CC(=O)O)C(C2CCC(F)CC2)N=C(N(C)S(C)(=O)=O)N1. The van der Waals surface area contributed by atoms with E-state index in [-0.39, 0.29) is 24.2 Å². The summed E-state index contributed by atoms with van der Waals surface area (Å²) < 4.78 is 39.1. The number of halogens is 1. The van der Waals surface area contributed by atoms with Gasteiger partial charge in [0, 0.05) is 19.2 Å². The number of aliphatic hydroxyl groups is 2.